The normalized spacial score (nSPS) is 28.3. The maximum atomic E-state index is 12.1. The molecule has 1 saturated carbocycles. The molecule has 1 aromatic carbocycles. The number of hydrogen-bond donors (Lipinski definition) is 3. The van der Waals surface area contributed by atoms with Crippen LogP contribution >= 0.6 is 0 Å². The van der Waals surface area contributed by atoms with Crippen LogP contribution in [0.15, 0.2) is 24.3 Å². The lowest BCUT2D eigenvalue weighted by Gasteiger charge is -2.49. The van der Waals surface area contributed by atoms with Gasteiger partial charge in [-0.05, 0) is 37.1 Å². The largest absolute Gasteiger partial charge is 0.399 e. The molecule has 0 atom stereocenters. The number of piperidine rings is 2. The third-order valence-corrected chi connectivity index (χ3v) is 3.76. The van der Waals surface area contributed by atoms with Gasteiger partial charge < -0.3 is 11.1 Å². The first kappa shape index (κ1) is 11.7. The zero-order valence-electron chi connectivity index (χ0n) is 10.1. The van der Waals surface area contributed by atoms with Gasteiger partial charge in [0, 0.05) is 17.2 Å². The van der Waals surface area contributed by atoms with Gasteiger partial charge in [-0.2, -0.15) is 0 Å². The molecule has 4 N–H and O–H groups in total. The second-order valence-electron chi connectivity index (χ2n) is 5.08. The maximum absolute atomic E-state index is 12.1. The van der Waals surface area contributed by atoms with Crippen LogP contribution in [-0.2, 0) is 9.59 Å². The van der Waals surface area contributed by atoms with Gasteiger partial charge in [0.2, 0.25) is 5.91 Å². The first-order valence-corrected chi connectivity index (χ1v) is 6.03. The Balaban J connectivity index is 1.76. The number of carbonyl (C=O) groups excluding carboxylic acids is 3. The minimum Gasteiger partial charge on any atom is -0.399 e. The summed E-state index contributed by atoms with van der Waals surface area (Å²) >= 11 is 0. The van der Waals surface area contributed by atoms with Crippen LogP contribution < -0.4 is 16.4 Å². The number of hydrogen-bond acceptors (Lipinski definition) is 4. The van der Waals surface area contributed by atoms with E-state index in [2.05, 4.69) is 10.6 Å². The van der Waals surface area contributed by atoms with Gasteiger partial charge in [-0.3, -0.25) is 19.7 Å². The lowest BCUT2D eigenvalue weighted by Crippen LogP contribution is -2.73. The Morgan fingerprint density at radius 1 is 1.26 bits per heavy atom. The number of nitrogens with two attached hydrogens (primary N) is 1. The Labute approximate surface area is 109 Å². The number of benzene rings is 1. The summed E-state index contributed by atoms with van der Waals surface area (Å²) in [5.41, 5.74) is 5.64. The number of fused-ring (bicyclic) bond motifs is 2. The Kier molecular flexibility index (Phi) is 2.35. The van der Waals surface area contributed by atoms with Crippen molar-refractivity contribution < 1.29 is 14.4 Å². The molecule has 0 radical (unpaired) electrons. The zero-order chi connectivity index (χ0) is 13.6. The number of rotatable bonds is 2. The average Bonchev–Trinajstić information content (AvgIpc) is 2.31. The third kappa shape index (κ3) is 1.76. The summed E-state index contributed by atoms with van der Waals surface area (Å²) in [7, 11) is 0. The highest BCUT2D eigenvalue weighted by molar-refractivity contribution is 6.09. The molecule has 0 unspecified atom stereocenters. The Morgan fingerprint density at radius 3 is 2.47 bits per heavy atom. The minimum atomic E-state index is -0.920. The molecule has 3 fully saturated rings. The van der Waals surface area contributed by atoms with E-state index in [9.17, 15) is 14.4 Å². The zero-order valence-corrected chi connectivity index (χ0v) is 10.1. The lowest BCUT2D eigenvalue weighted by molar-refractivity contribution is -0.152. The molecule has 2 heterocycles. The molecule has 98 valence electrons. The smallest absolute Gasteiger partial charge is 0.252 e. The number of imide groups is 1. The summed E-state index contributed by atoms with van der Waals surface area (Å²) in [5.74, 6) is -1.15. The van der Waals surface area contributed by atoms with E-state index >= 15 is 0 Å². The Bertz CT molecular complexity index is 573. The highest BCUT2D eigenvalue weighted by Crippen LogP contribution is 2.41. The predicted octanol–water partition coefficient (Wildman–Crippen LogP) is -0.196. The third-order valence-electron chi connectivity index (χ3n) is 3.76. The van der Waals surface area contributed by atoms with Gasteiger partial charge in [-0.1, -0.05) is 0 Å². The van der Waals surface area contributed by atoms with Crippen LogP contribution in [0.25, 0.3) is 0 Å². The van der Waals surface area contributed by atoms with Crippen molar-refractivity contribution in [1.29, 1.82) is 0 Å². The van der Waals surface area contributed by atoms with Crippen molar-refractivity contribution in [1.82, 2.24) is 10.6 Å². The van der Waals surface area contributed by atoms with Crippen LogP contribution in [0.2, 0.25) is 0 Å². The van der Waals surface area contributed by atoms with Gasteiger partial charge in [0.05, 0.1) is 0 Å². The van der Waals surface area contributed by atoms with E-state index in [1.54, 1.807) is 24.3 Å². The lowest BCUT2D eigenvalue weighted by atomic mass is 9.64. The Hall–Kier alpha value is -2.37. The topological polar surface area (TPSA) is 101 Å². The van der Waals surface area contributed by atoms with Crippen molar-refractivity contribution in [3.63, 3.8) is 0 Å². The van der Waals surface area contributed by atoms with Crippen LogP contribution in [0, 0.1) is 5.92 Å². The van der Waals surface area contributed by atoms with E-state index in [1.165, 1.54) is 0 Å². The second-order valence-corrected chi connectivity index (χ2v) is 5.08. The number of nitrogen functional groups attached to an aromatic ring is 1. The molecule has 2 bridgehead atoms. The number of nitrogens with one attached hydrogen (secondary N) is 2. The average molecular weight is 259 g/mol. The van der Waals surface area contributed by atoms with E-state index in [0.717, 1.165) is 0 Å². The summed E-state index contributed by atoms with van der Waals surface area (Å²) in [5, 5.41) is 5.00. The molecule has 0 spiro atoms. The standard InChI is InChI=1S/C13H13N3O3/c14-9-3-1-7(2-4-9)11(18)16-13-5-8(6-13)10(17)15-12(13)19/h1-4,8H,5-6,14H2,(H,16,18)(H,15,17,19). The number of carbonyl (C=O) groups is 3. The minimum absolute atomic E-state index is 0.163. The molecule has 2 aliphatic heterocycles. The van der Waals surface area contributed by atoms with Gasteiger partial charge in [-0.15, -0.1) is 0 Å². The fraction of sp³-hybridized carbons (Fsp3) is 0.308. The molecule has 6 nitrogen and oxygen atoms in total. The van der Waals surface area contributed by atoms with Gasteiger partial charge in [0.25, 0.3) is 11.8 Å². The van der Waals surface area contributed by atoms with Crippen molar-refractivity contribution in [2.45, 2.75) is 18.4 Å². The van der Waals surface area contributed by atoms with Crippen LogP contribution in [0.3, 0.4) is 0 Å². The first-order valence-electron chi connectivity index (χ1n) is 6.03. The maximum Gasteiger partial charge on any atom is 0.252 e. The monoisotopic (exact) mass is 259 g/mol. The number of amides is 3. The molecule has 3 aliphatic rings. The van der Waals surface area contributed by atoms with Gasteiger partial charge in [0.1, 0.15) is 5.54 Å². The summed E-state index contributed by atoms with van der Waals surface area (Å²) in [6, 6.07) is 6.45. The van der Waals surface area contributed by atoms with Crippen molar-refractivity contribution in [2.75, 3.05) is 5.73 Å². The molecule has 1 aliphatic carbocycles. The van der Waals surface area contributed by atoms with E-state index in [-0.39, 0.29) is 17.7 Å². The summed E-state index contributed by atoms with van der Waals surface area (Å²) in [6.45, 7) is 0. The molecule has 4 rings (SSSR count). The summed E-state index contributed by atoms with van der Waals surface area (Å²) in [6.07, 6.45) is 0.775. The van der Waals surface area contributed by atoms with Gasteiger partial charge in [-0.25, -0.2) is 0 Å². The van der Waals surface area contributed by atoms with Gasteiger partial charge in [0.15, 0.2) is 0 Å². The van der Waals surface area contributed by atoms with Crippen LogP contribution in [0.4, 0.5) is 5.69 Å². The molecule has 2 saturated heterocycles. The molecule has 3 amide bonds. The molecular weight excluding hydrogens is 246 g/mol. The van der Waals surface area contributed by atoms with E-state index in [1.807, 2.05) is 0 Å². The Morgan fingerprint density at radius 2 is 1.89 bits per heavy atom. The molecule has 1 aromatic rings. The number of anilines is 1. The van der Waals surface area contributed by atoms with Crippen molar-refractivity contribution in [2.24, 2.45) is 5.92 Å². The van der Waals surface area contributed by atoms with Crippen LogP contribution in [0.1, 0.15) is 23.2 Å². The fourth-order valence-corrected chi connectivity index (χ4v) is 2.57. The highest BCUT2D eigenvalue weighted by atomic mass is 16.2. The van der Waals surface area contributed by atoms with Gasteiger partial charge >= 0.3 is 0 Å². The molecule has 0 aromatic heterocycles. The summed E-state index contributed by atoms with van der Waals surface area (Å²) < 4.78 is 0. The van der Waals surface area contributed by atoms with E-state index < -0.39 is 11.4 Å². The van der Waals surface area contributed by atoms with Crippen molar-refractivity contribution >= 4 is 23.4 Å². The molecule has 6 heteroatoms. The van der Waals surface area contributed by atoms with Crippen molar-refractivity contribution in [3.05, 3.63) is 29.8 Å². The molecule has 19 heavy (non-hydrogen) atoms. The quantitative estimate of drug-likeness (QED) is 0.506. The fourth-order valence-electron chi connectivity index (χ4n) is 2.57. The van der Waals surface area contributed by atoms with Crippen LogP contribution in [-0.4, -0.2) is 23.3 Å². The SMILES string of the molecule is Nc1ccc(C(=O)NC23CC(C2)C(=O)NC3=O)cc1. The van der Waals surface area contributed by atoms with Crippen molar-refractivity contribution in [3.8, 4) is 0 Å². The predicted molar refractivity (Wildman–Crippen MR) is 66.9 cm³/mol. The van der Waals surface area contributed by atoms with Crippen LogP contribution in [0.5, 0.6) is 0 Å². The second kappa shape index (κ2) is 3.81. The summed E-state index contributed by atoms with van der Waals surface area (Å²) in [4.78, 5) is 35.2. The highest BCUT2D eigenvalue weighted by Gasteiger charge is 2.58. The van der Waals surface area contributed by atoms with E-state index in [4.69, 9.17) is 5.73 Å². The first-order chi connectivity index (χ1) is 9.00. The molecular formula is C13H13N3O3. The van der Waals surface area contributed by atoms with E-state index in [0.29, 0.717) is 24.1 Å².